The van der Waals surface area contributed by atoms with Gasteiger partial charge in [0.05, 0.1) is 13.2 Å². The Morgan fingerprint density at radius 3 is 1.41 bits per heavy atom. The van der Waals surface area contributed by atoms with Gasteiger partial charge in [-0.2, -0.15) is 0 Å². The largest absolute Gasteiger partial charge is 0.481 e. The first-order valence-corrected chi connectivity index (χ1v) is 6.85. The Morgan fingerprint density at radius 2 is 1.18 bits per heavy atom. The Morgan fingerprint density at radius 1 is 0.864 bits per heavy atom. The topological polar surface area (TPSA) is 87.0 Å². The fourth-order valence-corrected chi connectivity index (χ4v) is 1.11. The number of aliphatic hydroxyl groups is 2. The fraction of sp³-hybridized carbons (Fsp3) is 0.235. The number of carbonyl (C=O) groups is 1. The molecule has 0 aliphatic rings. The summed E-state index contributed by atoms with van der Waals surface area (Å²) in [5.41, 5.74) is 0. The van der Waals surface area contributed by atoms with Crippen molar-refractivity contribution >= 4 is 5.97 Å². The third-order valence-electron chi connectivity index (χ3n) is 2.12. The number of hydrogen-bond donors (Lipinski definition) is 3. The van der Waals surface area contributed by atoms with Gasteiger partial charge in [0, 0.05) is 6.42 Å². The highest BCUT2D eigenvalue weighted by atomic mass is 16.5. The lowest BCUT2D eigenvalue weighted by atomic mass is 10.3. The third kappa shape index (κ3) is 11.5. The molecular weight excluding hydrogens is 284 g/mol. The van der Waals surface area contributed by atoms with E-state index < -0.39 is 5.97 Å². The summed E-state index contributed by atoms with van der Waals surface area (Å²) in [6.07, 6.45) is 0.222. The molecule has 0 atom stereocenters. The highest BCUT2D eigenvalue weighted by molar-refractivity contribution is 5.66. The molecule has 0 aliphatic heterocycles. The van der Waals surface area contributed by atoms with Crippen LogP contribution in [0.3, 0.4) is 0 Å². The van der Waals surface area contributed by atoms with E-state index in [-0.39, 0.29) is 19.6 Å². The Labute approximate surface area is 130 Å². The van der Waals surface area contributed by atoms with E-state index in [0.717, 1.165) is 11.5 Å². The average Bonchev–Trinajstić information content (AvgIpc) is 2.57. The van der Waals surface area contributed by atoms with Gasteiger partial charge >= 0.3 is 5.97 Å². The van der Waals surface area contributed by atoms with Gasteiger partial charge in [0.1, 0.15) is 11.5 Å². The van der Waals surface area contributed by atoms with Crippen LogP contribution in [0.15, 0.2) is 60.7 Å². The van der Waals surface area contributed by atoms with Crippen LogP contribution in [-0.2, 0) is 4.79 Å². The van der Waals surface area contributed by atoms with Crippen LogP contribution in [0.25, 0.3) is 0 Å². The second-order valence-electron chi connectivity index (χ2n) is 3.92. The minimum atomic E-state index is -0.745. The van der Waals surface area contributed by atoms with Crippen LogP contribution >= 0.6 is 0 Å². The maximum absolute atomic E-state index is 9.37. The molecule has 120 valence electrons. The number of carboxylic acid groups (broad SMARTS) is 1. The van der Waals surface area contributed by atoms with Gasteiger partial charge in [0.15, 0.2) is 0 Å². The number of ether oxygens (including phenoxy) is 1. The van der Waals surface area contributed by atoms with Gasteiger partial charge in [0.25, 0.3) is 0 Å². The SMILES string of the molecule is CCC(=O)O.OCCO.c1ccc(Oc2ccccc2)cc1. The zero-order valence-electron chi connectivity index (χ0n) is 12.6. The monoisotopic (exact) mass is 306 g/mol. The van der Waals surface area contributed by atoms with Crippen molar-refractivity contribution in [3.8, 4) is 11.5 Å². The number of hydrogen-bond acceptors (Lipinski definition) is 4. The first-order valence-electron chi connectivity index (χ1n) is 6.85. The van der Waals surface area contributed by atoms with E-state index in [0.29, 0.717) is 0 Å². The highest BCUT2D eigenvalue weighted by Gasteiger charge is 1.92. The van der Waals surface area contributed by atoms with Crippen molar-refractivity contribution < 1.29 is 24.9 Å². The first-order chi connectivity index (χ1) is 10.6. The predicted molar refractivity (Wildman–Crippen MR) is 85.1 cm³/mol. The van der Waals surface area contributed by atoms with Gasteiger partial charge in [-0.3, -0.25) is 4.79 Å². The molecule has 0 saturated carbocycles. The number of aliphatic carboxylic acids is 1. The molecule has 0 amide bonds. The molecule has 5 heteroatoms. The van der Waals surface area contributed by atoms with Crippen LogP contribution in [0.1, 0.15) is 13.3 Å². The number of aliphatic hydroxyl groups excluding tert-OH is 2. The smallest absolute Gasteiger partial charge is 0.303 e. The Kier molecular flexibility index (Phi) is 12.1. The van der Waals surface area contributed by atoms with Crippen LogP contribution in [0.2, 0.25) is 0 Å². The molecule has 5 nitrogen and oxygen atoms in total. The van der Waals surface area contributed by atoms with Crippen molar-refractivity contribution in [2.75, 3.05) is 13.2 Å². The molecular formula is C17H22O5. The average molecular weight is 306 g/mol. The second-order valence-corrected chi connectivity index (χ2v) is 3.92. The molecule has 22 heavy (non-hydrogen) atoms. The molecule has 0 radical (unpaired) electrons. The lowest BCUT2D eigenvalue weighted by Crippen LogP contribution is -1.86. The summed E-state index contributed by atoms with van der Waals surface area (Å²) in [6, 6.07) is 19.5. The number of rotatable bonds is 4. The van der Waals surface area contributed by atoms with Crippen LogP contribution in [0, 0.1) is 0 Å². The molecule has 0 saturated heterocycles. The van der Waals surface area contributed by atoms with E-state index in [2.05, 4.69) is 0 Å². The summed E-state index contributed by atoms with van der Waals surface area (Å²) < 4.78 is 5.58. The lowest BCUT2D eigenvalue weighted by molar-refractivity contribution is -0.136. The van der Waals surface area contributed by atoms with Crippen LogP contribution in [0.5, 0.6) is 11.5 Å². The zero-order valence-corrected chi connectivity index (χ0v) is 12.6. The molecule has 2 aromatic carbocycles. The van der Waals surface area contributed by atoms with Crippen LogP contribution in [-0.4, -0.2) is 34.5 Å². The van der Waals surface area contributed by atoms with Crippen molar-refractivity contribution in [3.05, 3.63) is 60.7 Å². The van der Waals surface area contributed by atoms with Crippen molar-refractivity contribution in [1.82, 2.24) is 0 Å². The van der Waals surface area contributed by atoms with E-state index in [4.69, 9.17) is 20.1 Å². The lowest BCUT2D eigenvalue weighted by Gasteiger charge is -2.03. The van der Waals surface area contributed by atoms with Gasteiger partial charge in [-0.15, -0.1) is 0 Å². The van der Waals surface area contributed by atoms with Crippen molar-refractivity contribution in [1.29, 1.82) is 0 Å². The summed E-state index contributed by atoms with van der Waals surface area (Å²) in [6.45, 7) is 1.35. The quantitative estimate of drug-likeness (QED) is 0.808. The van der Waals surface area contributed by atoms with Crippen molar-refractivity contribution in [2.45, 2.75) is 13.3 Å². The number of benzene rings is 2. The molecule has 3 N–H and O–H groups in total. The minimum Gasteiger partial charge on any atom is -0.481 e. The van der Waals surface area contributed by atoms with Gasteiger partial charge in [-0.1, -0.05) is 43.3 Å². The second kappa shape index (κ2) is 13.6. The van der Waals surface area contributed by atoms with Gasteiger partial charge in [-0.25, -0.2) is 0 Å². The Bertz CT molecular complexity index is 445. The Balaban J connectivity index is 0.000000411. The van der Waals surface area contributed by atoms with Gasteiger partial charge in [0.2, 0.25) is 0 Å². The maximum atomic E-state index is 9.37. The third-order valence-corrected chi connectivity index (χ3v) is 2.12. The summed E-state index contributed by atoms with van der Waals surface area (Å²) >= 11 is 0. The van der Waals surface area contributed by atoms with Crippen molar-refractivity contribution in [2.24, 2.45) is 0 Å². The molecule has 0 aromatic heterocycles. The molecule has 0 bridgehead atoms. The number of para-hydroxylation sites is 2. The minimum absolute atomic E-state index is 0.125. The summed E-state index contributed by atoms with van der Waals surface area (Å²) in [4.78, 5) is 9.37. The first kappa shape index (κ1) is 19.6. The van der Waals surface area contributed by atoms with E-state index >= 15 is 0 Å². The zero-order chi connectivity index (χ0) is 16.6. The van der Waals surface area contributed by atoms with E-state index in [9.17, 15) is 4.79 Å². The van der Waals surface area contributed by atoms with Crippen molar-refractivity contribution in [3.63, 3.8) is 0 Å². The standard InChI is InChI=1S/C12H10O.C3H6O2.C2H6O2/c1-3-7-11(8-4-1)13-12-9-5-2-6-10-12;1-2-3(4)5;3-1-2-4/h1-10H;2H2,1H3,(H,4,5);3-4H,1-2H2. The summed E-state index contributed by atoms with van der Waals surface area (Å²) in [5, 5.41) is 23.0. The van der Waals surface area contributed by atoms with E-state index in [1.165, 1.54) is 0 Å². The van der Waals surface area contributed by atoms with Crippen LogP contribution in [0.4, 0.5) is 0 Å². The van der Waals surface area contributed by atoms with Gasteiger partial charge in [-0.05, 0) is 24.3 Å². The molecule has 0 spiro atoms. The highest BCUT2D eigenvalue weighted by Crippen LogP contribution is 2.19. The van der Waals surface area contributed by atoms with E-state index in [1.807, 2.05) is 60.7 Å². The Hall–Kier alpha value is -2.37. The molecule has 0 heterocycles. The van der Waals surface area contributed by atoms with E-state index in [1.54, 1.807) is 6.92 Å². The van der Waals surface area contributed by atoms with Gasteiger partial charge < -0.3 is 20.1 Å². The van der Waals surface area contributed by atoms with Crippen LogP contribution < -0.4 is 4.74 Å². The maximum Gasteiger partial charge on any atom is 0.303 e. The summed E-state index contributed by atoms with van der Waals surface area (Å²) in [5.74, 6) is 0.993. The molecule has 0 unspecified atom stereocenters. The summed E-state index contributed by atoms with van der Waals surface area (Å²) in [7, 11) is 0. The fourth-order valence-electron chi connectivity index (χ4n) is 1.11. The normalized spacial score (nSPS) is 8.68. The molecule has 0 fully saturated rings. The molecule has 2 rings (SSSR count). The molecule has 0 aliphatic carbocycles. The molecule has 2 aromatic rings. The predicted octanol–water partition coefficient (Wildman–Crippen LogP) is 2.93. The number of carboxylic acids is 1.